The summed E-state index contributed by atoms with van der Waals surface area (Å²) < 4.78 is 43.3. The van der Waals surface area contributed by atoms with Crippen molar-refractivity contribution < 1.29 is 22.7 Å². The molecule has 0 radical (unpaired) electrons. The molecule has 0 saturated carbocycles. The number of alkyl halides is 3. The highest BCUT2D eigenvalue weighted by atomic mass is 19.4. The second-order valence-corrected chi connectivity index (χ2v) is 4.00. The molecule has 0 aliphatic heterocycles. The van der Waals surface area contributed by atoms with Crippen LogP contribution in [0.4, 0.5) is 18.9 Å². The van der Waals surface area contributed by atoms with Crippen LogP contribution in [0.15, 0.2) is 18.2 Å². The molecular formula is C13H13F3N2O2. The molecule has 0 aliphatic carbocycles. The number of ether oxygens (including phenoxy) is 1. The first-order chi connectivity index (χ1) is 9.33. The predicted octanol–water partition coefficient (Wildman–Crippen LogP) is 2.94. The van der Waals surface area contributed by atoms with Gasteiger partial charge in [0.2, 0.25) is 0 Å². The third-order valence-electron chi connectivity index (χ3n) is 2.68. The zero-order chi connectivity index (χ0) is 15.3. The minimum absolute atomic E-state index is 0.103. The number of rotatable bonds is 4. The molecule has 0 aromatic heterocycles. The van der Waals surface area contributed by atoms with Crippen molar-refractivity contribution in [2.75, 3.05) is 12.4 Å². The van der Waals surface area contributed by atoms with E-state index >= 15 is 0 Å². The van der Waals surface area contributed by atoms with Crippen molar-refractivity contribution in [3.8, 4) is 6.07 Å². The Kier molecular flexibility index (Phi) is 4.97. The van der Waals surface area contributed by atoms with E-state index < -0.39 is 23.8 Å². The van der Waals surface area contributed by atoms with E-state index in [0.29, 0.717) is 0 Å². The van der Waals surface area contributed by atoms with Crippen molar-refractivity contribution in [1.29, 1.82) is 5.26 Å². The Hall–Kier alpha value is -2.23. The summed E-state index contributed by atoms with van der Waals surface area (Å²) in [6.45, 7) is 1.64. The number of hydrogen-bond acceptors (Lipinski definition) is 4. The van der Waals surface area contributed by atoms with Crippen LogP contribution in [0.25, 0.3) is 0 Å². The van der Waals surface area contributed by atoms with Gasteiger partial charge >= 0.3 is 12.1 Å². The van der Waals surface area contributed by atoms with Gasteiger partial charge in [0.05, 0.1) is 24.3 Å². The van der Waals surface area contributed by atoms with E-state index in [1.807, 2.05) is 0 Å². The topological polar surface area (TPSA) is 62.1 Å². The highest BCUT2D eigenvalue weighted by Crippen LogP contribution is 2.35. The fourth-order valence-electron chi connectivity index (χ4n) is 1.63. The Balaban J connectivity index is 3.18. The molecule has 1 unspecified atom stereocenters. The zero-order valence-corrected chi connectivity index (χ0v) is 10.9. The second kappa shape index (κ2) is 6.28. The highest BCUT2D eigenvalue weighted by molar-refractivity contribution is 5.79. The van der Waals surface area contributed by atoms with Gasteiger partial charge in [0.1, 0.15) is 6.04 Å². The number of benzene rings is 1. The van der Waals surface area contributed by atoms with E-state index in [0.717, 1.165) is 19.2 Å². The fraction of sp³-hybridized carbons (Fsp3) is 0.385. The maximum atomic E-state index is 12.9. The van der Waals surface area contributed by atoms with Crippen LogP contribution in [-0.4, -0.2) is 19.1 Å². The van der Waals surface area contributed by atoms with Crippen molar-refractivity contribution in [3.63, 3.8) is 0 Å². The molecule has 4 nitrogen and oxygen atoms in total. The van der Waals surface area contributed by atoms with Crippen LogP contribution in [0.3, 0.4) is 0 Å². The number of hydrogen-bond donors (Lipinski definition) is 1. The van der Waals surface area contributed by atoms with E-state index in [1.54, 1.807) is 13.0 Å². The van der Waals surface area contributed by atoms with Gasteiger partial charge in [0.25, 0.3) is 0 Å². The van der Waals surface area contributed by atoms with E-state index in [4.69, 9.17) is 5.26 Å². The maximum absolute atomic E-state index is 12.9. The molecule has 0 fully saturated rings. The number of halogens is 3. The molecule has 108 valence electrons. The number of carbonyl (C=O) groups is 1. The second-order valence-electron chi connectivity index (χ2n) is 4.00. The molecule has 1 aromatic rings. The quantitative estimate of drug-likeness (QED) is 0.864. The molecule has 0 heterocycles. The number of nitrogens with zero attached hydrogens (tertiary/aromatic N) is 1. The minimum Gasteiger partial charge on any atom is -0.467 e. The van der Waals surface area contributed by atoms with Gasteiger partial charge in [-0.25, -0.2) is 4.79 Å². The van der Waals surface area contributed by atoms with E-state index in [-0.39, 0.29) is 17.7 Å². The van der Waals surface area contributed by atoms with Crippen LogP contribution in [0.2, 0.25) is 0 Å². The summed E-state index contributed by atoms with van der Waals surface area (Å²) in [5.74, 6) is -0.648. The SMILES string of the molecule is CCC(Nc1ccc(C#N)cc1C(F)(F)F)C(=O)OC. The third-order valence-corrected chi connectivity index (χ3v) is 2.68. The van der Waals surface area contributed by atoms with E-state index in [2.05, 4.69) is 10.1 Å². The lowest BCUT2D eigenvalue weighted by Gasteiger charge is -2.19. The Morgan fingerprint density at radius 3 is 2.60 bits per heavy atom. The number of carbonyl (C=O) groups excluding carboxylic acids is 1. The lowest BCUT2D eigenvalue weighted by Crippen LogP contribution is -2.30. The Labute approximate surface area is 114 Å². The summed E-state index contributed by atoms with van der Waals surface area (Å²) in [4.78, 5) is 11.4. The van der Waals surface area contributed by atoms with Crippen LogP contribution in [0.5, 0.6) is 0 Å². The molecule has 0 saturated heterocycles. The van der Waals surface area contributed by atoms with Gasteiger partial charge in [-0.2, -0.15) is 18.4 Å². The molecule has 1 N–H and O–H groups in total. The van der Waals surface area contributed by atoms with Gasteiger partial charge in [-0.1, -0.05) is 6.92 Å². The van der Waals surface area contributed by atoms with Crippen LogP contribution in [-0.2, 0) is 15.7 Å². The maximum Gasteiger partial charge on any atom is 0.418 e. The van der Waals surface area contributed by atoms with Crippen molar-refractivity contribution >= 4 is 11.7 Å². The average molecular weight is 286 g/mol. The summed E-state index contributed by atoms with van der Waals surface area (Å²) >= 11 is 0. The first kappa shape index (κ1) is 15.8. The number of nitriles is 1. The van der Waals surface area contributed by atoms with E-state index in [1.165, 1.54) is 6.07 Å². The minimum atomic E-state index is -4.62. The predicted molar refractivity (Wildman–Crippen MR) is 65.9 cm³/mol. The summed E-state index contributed by atoms with van der Waals surface area (Å²) in [6, 6.07) is 3.89. The number of anilines is 1. The van der Waals surface area contributed by atoms with E-state index in [9.17, 15) is 18.0 Å². The Morgan fingerprint density at radius 2 is 2.15 bits per heavy atom. The molecule has 1 rings (SSSR count). The number of esters is 1. The zero-order valence-electron chi connectivity index (χ0n) is 10.9. The van der Waals surface area contributed by atoms with Crippen LogP contribution < -0.4 is 5.32 Å². The summed E-state index contributed by atoms with van der Waals surface area (Å²) in [5.41, 5.74) is -1.35. The molecule has 0 aliphatic rings. The van der Waals surface area contributed by atoms with Gasteiger partial charge in [-0.15, -0.1) is 0 Å². The number of nitrogens with one attached hydrogen (secondary N) is 1. The molecule has 1 atom stereocenters. The van der Waals surface area contributed by atoms with Crippen molar-refractivity contribution in [1.82, 2.24) is 0 Å². The van der Waals surface area contributed by atoms with Crippen LogP contribution in [0.1, 0.15) is 24.5 Å². The Bertz CT molecular complexity index is 535. The van der Waals surface area contributed by atoms with Gasteiger partial charge in [-0.3, -0.25) is 0 Å². The molecule has 0 spiro atoms. The molecule has 0 amide bonds. The van der Waals surface area contributed by atoms with Crippen LogP contribution in [0, 0.1) is 11.3 Å². The summed E-state index contributed by atoms with van der Waals surface area (Å²) in [6.07, 6.45) is -4.35. The summed E-state index contributed by atoms with van der Waals surface area (Å²) in [5, 5.41) is 11.2. The molecule has 1 aromatic carbocycles. The third kappa shape index (κ3) is 3.63. The number of methoxy groups -OCH3 is 1. The van der Waals surface area contributed by atoms with Gasteiger partial charge in [-0.05, 0) is 24.6 Å². The molecule has 20 heavy (non-hydrogen) atoms. The summed E-state index contributed by atoms with van der Waals surface area (Å²) in [7, 11) is 1.16. The molecular weight excluding hydrogens is 273 g/mol. The highest BCUT2D eigenvalue weighted by Gasteiger charge is 2.34. The smallest absolute Gasteiger partial charge is 0.418 e. The largest absolute Gasteiger partial charge is 0.467 e. The van der Waals surface area contributed by atoms with Gasteiger partial charge in [0, 0.05) is 5.69 Å². The monoisotopic (exact) mass is 286 g/mol. The molecule has 0 bridgehead atoms. The first-order valence-electron chi connectivity index (χ1n) is 5.79. The normalized spacial score (nSPS) is 12.4. The molecule has 7 heteroatoms. The van der Waals surface area contributed by atoms with Crippen LogP contribution >= 0.6 is 0 Å². The lowest BCUT2D eigenvalue weighted by atomic mass is 10.1. The fourth-order valence-corrected chi connectivity index (χ4v) is 1.63. The van der Waals surface area contributed by atoms with Crippen molar-refractivity contribution in [3.05, 3.63) is 29.3 Å². The first-order valence-corrected chi connectivity index (χ1v) is 5.79. The standard InChI is InChI=1S/C13H13F3N2O2/c1-3-10(12(19)20-2)18-11-5-4-8(7-17)6-9(11)13(14,15)16/h4-6,10,18H,3H2,1-2H3. The van der Waals surface area contributed by atoms with Gasteiger partial charge < -0.3 is 10.1 Å². The Morgan fingerprint density at radius 1 is 1.50 bits per heavy atom. The van der Waals surface area contributed by atoms with Crippen molar-refractivity contribution in [2.45, 2.75) is 25.6 Å². The van der Waals surface area contributed by atoms with Gasteiger partial charge in [0.15, 0.2) is 0 Å². The average Bonchev–Trinajstić information content (AvgIpc) is 2.42. The lowest BCUT2D eigenvalue weighted by molar-refractivity contribution is -0.142. The van der Waals surface area contributed by atoms with Crippen molar-refractivity contribution in [2.24, 2.45) is 0 Å².